The number of aromatic nitrogens is 2. The minimum absolute atomic E-state index is 0.144. The average molecular weight is 400 g/mol. The Bertz CT molecular complexity index is 934. The van der Waals surface area contributed by atoms with Crippen molar-refractivity contribution in [3.05, 3.63) is 57.5 Å². The van der Waals surface area contributed by atoms with Gasteiger partial charge in [-0.05, 0) is 26.3 Å². The quantitative estimate of drug-likeness (QED) is 0.846. The molecular formula is C21H28N4O4. The van der Waals surface area contributed by atoms with Crippen molar-refractivity contribution < 1.29 is 14.3 Å². The minimum atomic E-state index is -0.603. The summed E-state index contributed by atoms with van der Waals surface area (Å²) in [7, 11) is 1.58. The van der Waals surface area contributed by atoms with E-state index in [2.05, 4.69) is 4.98 Å². The average Bonchev–Trinajstić information content (AvgIpc) is 2.66. The van der Waals surface area contributed by atoms with Crippen molar-refractivity contribution in [1.82, 2.24) is 14.5 Å². The first-order valence-electron chi connectivity index (χ1n) is 9.63. The van der Waals surface area contributed by atoms with Crippen molar-refractivity contribution in [2.75, 3.05) is 26.0 Å². The van der Waals surface area contributed by atoms with Crippen LogP contribution in [0.3, 0.4) is 0 Å². The molecule has 0 spiro atoms. The molecule has 1 amide bonds. The van der Waals surface area contributed by atoms with Gasteiger partial charge in [-0.3, -0.25) is 9.36 Å². The van der Waals surface area contributed by atoms with Crippen LogP contribution in [0.5, 0.6) is 0 Å². The van der Waals surface area contributed by atoms with Crippen LogP contribution in [0.1, 0.15) is 43.6 Å². The standard InChI is InChI=1S/C21H28N4O4/c1-21(2,3)29-20(27)24-11-10-16-15(12-24)18(26)25(19(22)23-16)17(13-28-4)14-8-6-5-7-9-14/h5-9,17H,10-13H2,1-4H3,(H2,22,23). The third-order valence-corrected chi connectivity index (χ3v) is 4.76. The number of carbonyl (C=O) groups excluding carboxylic acids is 1. The van der Waals surface area contributed by atoms with Gasteiger partial charge >= 0.3 is 6.09 Å². The number of rotatable bonds is 4. The summed E-state index contributed by atoms with van der Waals surface area (Å²) in [5, 5.41) is 0. The maximum Gasteiger partial charge on any atom is 0.410 e. The molecule has 156 valence electrons. The fourth-order valence-electron chi connectivity index (χ4n) is 3.45. The highest BCUT2D eigenvalue weighted by atomic mass is 16.6. The van der Waals surface area contributed by atoms with Crippen LogP contribution in [0.4, 0.5) is 10.7 Å². The summed E-state index contributed by atoms with van der Waals surface area (Å²) in [5.41, 5.74) is 7.31. The van der Waals surface area contributed by atoms with Crippen molar-refractivity contribution in [3.8, 4) is 0 Å². The normalized spacial score (nSPS) is 15.0. The van der Waals surface area contributed by atoms with Gasteiger partial charge in [0.25, 0.3) is 5.56 Å². The number of amides is 1. The molecule has 1 aromatic heterocycles. The van der Waals surface area contributed by atoms with Crippen LogP contribution in [-0.2, 0) is 22.4 Å². The molecule has 1 aliphatic rings. The molecular weight excluding hydrogens is 372 g/mol. The topological polar surface area (TPSA) is 99.7 Å². The molecule has 1 aromatic carbocycles. The summed E-state index contributed by atoms with van der Waals surface area (Å²) in [6.07, 6.45) is 0.0113. The Balaban J connectivity index is 1.99. The van der Waals surface area contributed by atoms with Crippen LogP contribution in [-0.4, -0.2) is 46.4 Å². The van der Waals surface area contributed by atoms with Gasteiger partial charge in [0, 0.05) is 20.1 Å². The Morgan fingerprint density at radius 2 is 1.97 bits per heavy atom. The molecule has 3 rings (SSSR count). The summed E-state index contributed by atoms with van der Waals surface area (Å²) in [6.45, 7) is 6.28. The van der Waals surface area contributed by atoms with Gasteiger partial charge in [0.2, 0.25) is 5.95 Å². The molecule has 29 heavy (non-hydrogen) atoms. The Kier molecular flexibility index (Phi) is 5.93. The van der Waals surface area contributed by atoms with Crippen molar-refractivity contribution in [2.45, 2.75) is 45.4 Å². The summed E-state index contributed by atoms with van der Waals surface area (Å²) in [4.78, 5) is 31.9. The highest BCUT2D eigenvalue weighted by Gasteiger charge is 2.30. The molecule has 0 aliphatic carbocycles. The second kappa shape index (κ2) is 8.24. The van der Waals surface area contributed by atoms with E-state index in [1.807, 2.05) is 51.1 Å². The molecule has 2 heterocycles. The number of nitrogens with zero attached hydrogens (tertiary/aromatic N) is 3. The van der Waals surface area contributed by atoms with Crippen LogP contribution < -0.4 is 11.3 Å². The third kappa shape index (κ3) is 4.59. The summed E-state index contributed by atoms with van der Waals surface area (Å²) in [5.74, 6) is 0.144. The van der Waals surface area contributed by atoms with E-state index in [4.69, 9.17) is 15.2 Å². The number of ether oxygens (including phenoxy) is 2. The second-order valence-electron chi connectivity index (χ2n) is 8.10. The zero-order chi connectivity index (χ0) is 21.2. The van der Waals surface area contributed by atoms with E-state index in [1.165, 1.54) is 9.47 Å². The largest absolute Gasteiger partial charge is 0.444 e. The smallest absolute Gasteiger partial charge is 0.410 e. The highest BCUT2D eigenvalue weighted by Crippen LogP contribution is 2.23. The molecule has 1 unspecified atom stereocenters. The Hall–Kier alpha value is -2.87. The number of nitrogen functional groups attached to an aromatic ring is 1. The number of methoxy groups -OCH3 is 1. The van der Waals surface area contributed by atoms with Gasteiger partial charge in [0.15, 0.2) is 0 Å². The fraction of sp³-hybridized carbons (Fsp3) is 0.476. The van der Waals surface area contributed by atoms with Crippen LogP contribution in [0.15, 0.2) is 35.1 Å². The van der Waals surface area contributed by atoms with Gasteiger partial charge in [-0.15, -0.1) is 0 Å². The Morgan fingerprint density at radius 1 is 1.28 bits per heavy atom. The summed E-state index contributed by atoms with van der Waals surface area (Å²) < 4.78 is 12.3. The van der Waals surface area contributed by atoms with Crippen LogP contribution in [0.2, 0.25) is 0 Å². The molecule has 1 atom stereocenters. The first-order chi connectivity index (χ1) is 13.7. The highest BCUT2D eigenvalue weighted by molar-refractivity contribution is 5.68. The predicted octanol–water partition coefficient (Wildman–Crippen LogP) is 2.35. The fourth-order valence-corrected chi connectivity index (χ4v) is 3.45. The van der Waals surface area contributed by atoms with Gasteiger partial charge in [-0.2, -0.15) is 0 Å². The van der Waals surface area contributed by atoms with E-state index in [0.29, 0.717) is 24.2 Å². The monoisotopic (exact) mass is 400 g/mol. The van der Waals surface area contributed by atoms with Crippen molar-refractivity contribution in [3.63, 3.8) is 0 Å². The van der Waals surface area contributed by atoms with Crippen LogP contribution >= 0.6 is 0 Å². The van der Waals surface area contributed by atoms with Gasteiger partial charge in [0.1, 0.15) is 5.60 Å². The third-order valence-electron chi connectivity index (χ3n) is 4.76. The molecule has 0 radical (unpaired) electrons. The SMILES string of the molecule is COCC(c1ccccc1)n1c(N)nc2c(c1=O)CN(C(=O)OC(C)(C)C)CC2. The molecule has 0 saturated heterocycles. The first kappa shape index (κ1) is 20.9. The Morgan fingerprint density at radius 3 is 2.59 bits per heavy atom. The van der Waals surface area contributed by atoms with E-state index in [9.17, 15) is 9.59 Å². The maximum atomic E-state index is 13.4. The number of hydrogen-bond donors (Lipinski definition) is 1. The van der Waals surface area contributed by atoms with Crippen LogP contribution in [0.25, 0.3) is 0 Å². The van der Waals surface area contributed by atoms with E-state index in [1.54, 1.807) is 7.11 Å². The molecule has 8 nitrogen and oxygen atoms in total. The Labute approximate surface area is 170 Å². The van der Waals surface area contributed by atoms with Crippen molar-refractivity contribution in [1.29, 1.82) is 0 Å². The minimum Gasteiger partial charge on any atom is -0.444 e. The lowest BCUT2D eigenvalue weighted by Gasteiger charge is -2.31. The first-order valence-corrected chi connectivity index (χ1v) is 9.63. The number of nitrogens with two attached hydrogens (primary N) is 1. The number of hydrogen-bond acceptors (Lipinski definition) is 6. The summed E-state index contributed by atoms with van der Waals surface area (Å²) in [6, 6.07) is 9.13. The van der Waals surface area contributed by atoms with E-state index in [0.717, 1.165) is 5.56 Å². The maximum absolute atomic E-state index is 13.4. The zero-order valence-corrected chi connectivity index (χ0v) is 17.3. The second-order valence-corrected chi connectivity index (χ2v) is 8.10. The number of carbonyl (C=O) groups is 1. The molecule has 8 heteroatoms. The number of benzene rings is 1. The van der Waals surface area contributed by atoms with E-state index in [-0.39, 0.29) is 24.7 Å². The zero-order valence-electron chi connectivity index (χ0n) is 17.3. The predicted molar refractivity (Wildman–Crippen MR) is 110 cm³/mol. The lowest BCUT2D eigenvalue weighted by atomic mass is 10.0. The van der Waals surface area contributed by atoms with Gasteiger partial charge in [-0.1, -0.05) is 30.3 Å². The van der Waals surface area contributed by atoms with Gasteiger partial charge in [-0.25, -0.2) is 9.78 Å². The van der Waals surface area contributed by atoms with E-state index >= 15 is 0 Å². The van der Waals surface area contributed by atoms with E-state index < -0.39 is 17.7 Å². The van der Waals surface area contributed by atoms with Crippen LogP contribution in [0, 0.1) is 0 Å². The number of anilines is 1. The molecule has 0 bridgehead atoms. The lowest BCUT2D eigenvalue weighted by Crippen LogP contribution is -2.44. The van der Waals surface area contributed by atoms with Crippen molar-refractivity contribution >= 4 is 12.0 Å². The van der Waals surface area contributed by atoms with Crippen molar-refractivity contribution in [2.24, 2.45) is 0 Å². The molecule has 2 aromatic rings. The molecule has 0 fully saturated rings. The molecule has 2 N–H and O–H groups in total. The molecule has 1 aliphatic heterocycles. The van der Waals surface area contributed by atoms with Gasteiger partial charge < -0.3 is 20.1 Å². The summed E-state index contributed by atoms with van der Waals surface area (Å²) >= 11 is 0. The number of fused-ring (bicyclic) bond motifs is 1. The lowest BCUT2D eigenvalue weighted by molar-refractivity contribution is 0.0221. The van der Waals surface area contributed by atoms with Gasteiger partial charge in [0.05, 0.1) is 30.5 Å². The molecule has 0 saturated carbocycles.